The average molecular weight is 292 g/mol. The molecule has 118 valence electrons. The molecule has 4 nitrogen and oxygen atoms in total. The lowest BCUT2D eigenvalue weighted by Crippen LogP contribution is -2.24. The van der Waals surface area contributed by atoms with E-state index in [1.54, 1.807) is 0 Å². The van der Waals surface area contributed by atoms with Gasteiger partial charge in [0.05, 0.1) is 12.3 Å². The molecule has 0 heterocycles. The Bertz CT molecular complexity index is 458. The van der Waals surface area contributed by atoms with E-state index < -0.39 is 0 Å². The summed E-state index contributed by atoms with van der Waals surface area (Å²) < 4.78 is 5.63. The number of nitrogens with two attached hydrogens (primary N) is 1. The number of amides is 1. The average Bonchev–Trinajstić information content (AvgIpc) is 2.40. The van der Waals surface area contributed by atoms with Crippen LogP contribution in [0, 0.1) is 5.92 Å². The van der Waals surface area contributed by atoms with Crippen LogP contribution in [0.15, 0.2) is 18.2 Å². The molecule has 1 rings (SSSR count). The zero-order valence-electron chi connectivity index (χ0n) is 13.6. The molecular weight excluding hydrogens is 264 g/mol. The topological polar surface area (TPSA) is 64.3 Å². The molecule has 4 heteroatoms. The number of ether oxygens (including phenoxy) is 1. The van der Waals surface area contributed by atoms with E-state index in [1.807, 2.05) is 32.0 Å². The predicted molar refractivity (Wildman–Crippen MR) is 87.7 cm³/mol. The molecule has 0 saturated carbocycles. The van der Waals surface area contributed by atoms with Crippen LogP contribution in [0.25, 0.3) is 0 Å². The van der Waals surface area contributed by atoms with Crippen LogP contribution < -0.4 is 15.8 Å². The van der Waals surface area contributed by atoms with Gasteiger partial charge in [-0.05, 0) is 43.4 Å². The first-order valence-electron chi connectivity index (χ1n) is 7.77. The first kappa shape index (κ1) is 17.5. The molecule has 1 aromatic carbocycles. The van der Waals surface area contributed by atoms with Crippen LogP contribution in [0.5, 0.6) is 5.75 Å². The SMILES string of the molecule is CCOc1cc(CC(N)CC(C)C)ccc1NC(=O)CC. The smallest absolute Gasteiger partial charge is 0.224 e. The standard InChI is InChI=1S/C17H28N2O2/c1-5-17(20)19-15-8-7-13(11-16(15)21-6-2)10-14(18)9-12(3)4/h7-8,11-12,14H,5-6,9-10,18H2,1-4H3,(H,19,20). The monoisotopic (exact) mass is 292 g/mol. The second kappa shape index (κ2) is 8.67. The van der Waals surface area contributed by atoms with E-state index >= 15 is 0 Å². The van der Waals surface area contributed by atoms with Crippen molar-refractivity contribution >= 4 is 11.6 Å². The highest BCUT2D eigenvalue weighted by Gasteiger charge is 2.11. The minimum Gasteiger partial charge on any atom is -0.492 e. The van der Waals surface area contributed by atoms with E-state index in [4.69, 9.17) is 10.5 Å². The van der Waals surface area contributed by atoms with E-state index in [1.165, 1.54) is 0 Å². The molecule has 0 aliphatic heterocycles. The summed E-state index contributed by atoms with van der Waals surface area (Å²) >= 11 is 0. The normalized spacial score (nSPS) is 12.3. The van der Waals surface area contributed by atoms with Gasteiger partial charge in [-0.15, -0.1) is 0 Å². The van der Waals surface area contributed by atoms with Crippen LogP contribution in [0.2, 0.25) is 0 Å². The molecule has 0 aliphatic carbocycles. The zero-order chi connectivity index (χ0) is 15.8. The number of nitrogens with one attached hydrogen (secondary N) is 1. The van der Waals surface area contributed by atoms with E-state index in [-0.39, 0.29) is 11.9 Å². The first-order chi connectivity index (χ1) is 9.96. The molecule has 1 atom stereocenters. The molecule has 1 unspecified atom stereocenters. The van der Waals surface area contributed by atoms with Crippen molar-refractivity contribution in [3.05, 3.63) is 23.8 Å². The molecule has 0 saturated heterocycles. The molecule has 0 aliphatic rings. The molecule has 0 spiro atoms. The second-order valence-electron chi connectivity index (χ2n) is 5.76. The van der Waals surface area contributed by atoms with Crippen molar-refractivity contribution in [2.45, 2.75) is 53.0 Å². The molecule has 1 amide bonds. The summed E-state index contributed by atoms with van der Waals surface area (Å²) in [6.07, 6.45) is 2.27. The van der Waals surface area contributed by atoms with Gasteiger partial charge in [-0.2, -0.15) is 0 Å². The molecule has 0 bridgehead atoms. The molecule has 0 aromatic heterocycles. The Morgan fingerprint density at radius 1 is 1.33 bits per heavy atom. The van der Waals surface area contributed by atoms with Crippen molar-refractivity contribution in [3.8, 4) is 5.75 Å². The van der Waals surface area contributed by atoms with Gasteiger partial charge in [0.15, 0.2) is 0 Å². The van der Waals surface area contributed by atoms with Crippen LogP contribution in [-0.2, 0) is 11.2 Å². The number of rotatable bonds is 8. The number of benzene rings is 1. The summed E-state index contributed by atoms with van der Waals surface area (Å²) in [7, 11) is 0. The Hall–Kier alpha value is -1.55. The Balaban J connectivity index is 2.84. The lowest BCUT2D eigenvalue weighted by Gasteiger charge is -2.16. The highest BCUT2D eigenvalue weighted by molar-refractivity contribution is 5.92. The van der Waals surface area contributed by atoms with E-state index in [0.717, 1.165) is 24.1 Å². The maximum Gasteiger partial charge on any atom is 0.224 e. The molecule has 0 fully saturated rings. The van der Waals surface area contributed by atoms with Gasteiger partial charge in [0.1, 0.15) is 5.75 Å². The second-order valence-corrected chi connectivity index (χ2v) is 5.76. The van der Waals surface area contributed by atoms with Gasteiger partial charge in [0.25, 0.3) is 0 Å². The van der Waals surface area contributed by atoms with Gasteiger partial charge in [-0.25, -0.2) is 0 Å². The van der Waals surface area contributed by atoms with Crippen LogP contribution in [-0.4, -0.2) is 18.6 Å². The minimum absolute atomic E-state index is 0.0137. The van der Waals surface area contributed by atoms with Gasteiger partial charge in [0.2, 0.25) is 5.91 Å². The van der Waals surface area contributed by atoms with E-state index in [0.29, 0.717) is 24.7 Å². The third-order valence-electron chi connectivity index (χ3n) is 3.21. The molecule has 21 heavy (non-hydrogen) atoms. The van der Waals surface area contributed by atoms with Crippen LogP contribution >= 0.6 is 0 Å². The summed E-state index contributed by atoms with van der Waals surface area (Å²) in [4.78, 5) is 11.5. The molecular formula is C17H28N2O2. The van der Waals surface area contributed by atoms with E-state index in [9.17, 15) is 4.79 Å². The summed E-state index contributed by atoms with van der Waals surface area (Å²) in [6.45, 7) is 8.68. The van der Waals surface area contributed by atoms with Crippen molar-refractivity contribution in [1.29, 1.82) is 0 Å². The van der Waals surface area contributed by atoms with Crippen molar-refractivity contribution in [2.24, 2.45) is 11.7 Å². The number of carbonyl (C=O) groups is 1. The van der Waals surface area contributed by atoms with Crippen molar-refractivity contribution in [1.82, 2.24) is 0 Å². The van der Waals surface area contributed by atoms with Crippen LogP contribution in [0.3, 0.4) is 0 Å². The predicted octanol–water partition coefficient (Wildman–Crippen LogP) is 3.35. The highest BCUT2D eigenvalue weighted by Crippen LogP contribution is 2.27. The van der Waals surface area contributed by atoms with Crippen molar-refractivity contribution < 1.29 is 9.53 Å². The number of hydrogen-bond donors (Lipinski definition) is 2. The summed E-state index contributed by atoms with van der Waals surface area (Å²) in [6, 6.07) is 6.04. The van der Waals surface area contributed by atoms with Gasteiger partial charge < -0.3 is 15.8 Å². The van der Waals surface area contributed by atoms with Crippen LogP contribution in [0.4, 0.5) is 5.69 Å². The highest BCUT2D eigenvalue weighted by atomic mass is 16.5. The molecule has 0 radical (unpaired) electrons. The van der Waals surface area contributed by atoms with Gasteiger partial charge >= 0.3 is 0 Å². The Morgan fingerprint density at radius 3 is 2.62 bits per heavy atom. The fourth-order valence-electron chi connectivity index (χ4n) is 2.30. The lowest BCUT2D eigenvalue weighted by molar-refractivity contribution is -0.115. The first-order valence-corrected chi connectivity index (χ1v) is 7.77. The Morgan fingerprint density at radius 2 is 2.05 bits per heavy atom. The fraction of sp³-hybridized carbons (Fsp3) is 0.588. The number of hydrogen-bond acceptors (Lipinski definition) is 3. The van der Waals surface area contributed by atoms with E-state index in [2.05, 4.69) is 19.2 Å². The minimum atomic E-state index is -0.0137. The summed E-state index contributed by atoms with van der Waals surface area (Å²) in [5.74, 6) is 1.29. The summed E-state index contributed by atoms with van der Waals surface area (Å²) in [5.41, 5.74) is 8.03. The van der Waals surface area contributed by atoms with Crippen LogP contribution in [0.1, 0.15) is 46.1 Å². The zero-order valence-corrected chi connectivity index (χ0v) is 13.6. The lowest BCUT2D eigenvalue weighted by atomic mass is 9.98. The van der Waals surface area contributed by atoms with Gasteiger partial charge in [0, 0.05) is 12.5 Å². The summed E-state index contributed by atoms with van der Waals surface area (Å²) in [5, 5.41) is 2.86. The fourth-order valence-corrected chi connectivity index (χ4v) is 2.30. The quantitative estimate of drug-likeness (QED) is 0.772. The number of carbonyl (C=O) groups excluding carboxylic acids is 1. The Labute approximate surface area is 128 Å². The third kappa shape index (κ3) is 6.17. The van der Waals surface area contributed by atoms with Gasteiger partial charge in [-0.3, -0.25) is 4.79 Å². The van der Waals surface area contributed by atoms with Gasteiger partial charge in [-0.1, -0.05) is 26.8 Å². The number of anilines is 1. The third-order valence-corrected chi connectivity index (χ3v) is 3.21. The Kier molecular flexibility index (Phi) is 7.23. The van der Waals surface area contributed by atoms with Crippen molar-refractivity contribution in [3.63, 3.8) is 0 Å². The molecule has 3 N–H and O–H groups in total. The maximum atomic E-state index is 11.5. The largest absolute Gasteiger partial charge is 0.492 e. The van der Waals surface area contributed by atoms with Crippen molar-refractivity contribution in [2.75, 3.05) is 11.9 Å². The maximum absolute atomic E-state index is 11.5. The molecule has 1 aromatic rings.